The van der Waals surface area contributed by atoms with Gasteiger partial charge in [-0.1, -0.05) is 41.4 Å². The highest BCUT2D eigenvalue weighted by molar-refractivity contribution is 6.41. The summed E-state index contributed by atoms with van der Waals surface area (Å²) in [6.07, 6.45) is 0. The van der Waals surface area contributed by atoms with Crippen LogP contribution in [0.3, 0.4) is 0 Å². The molecule has 30 heavy (non-hydrogen) atoms. The van der Waals surface area contributed by atoms with E-state index in [4.69, 9.17) is 33.3 Å². The molecule has 0 fully saturated rings. The summed E-state index contributed by atoms with van der Waals surface area (Å²) in [6, 6.07) is 9.13. The average molecular weight is 451 g/mol. The molecule has 3 rings (SSSR count). The van der Waals surface area contributed by atoms with Crippen LogP contribution in [0.25, 0.3) is 0 Å². The number of aryl methyl sites for hydroxylation is 1. The molecule has 156 valence electrons. The molecule has 3 aromatic rings. The summed E-state index contributed by atoms with van der Waals surface area (Å²) in [5.41, 5.74) is 1.23. The predicted octanol–water partition coefficient (Wildman–Crippen LogP) is 5.80. The monoisotopic (exact) mass is 450 g/mol. The summed E-state index contributed by atoms with van der Waals surface area (Å²) in [5.74, 6) is -1.22. The minimum Gasteiger partial charge on any atom is -0.494 e. The molecule has 0 amide bonds. The number of anilines is 1. The van der Waals surface area contributed by atoms with Crippen molar-refractivity contribution in [3.8, 4) is 5.75 Å². The molecule has 0 aliphatic rings. The molecule has 0 aliphatic heterocycles. The Balaban J connectivity index is 1.87. The van der Waals surface area contributed by atoms with Crippen LogP contribution in [-0.2, 0) is 6.54 Å². The van der Waals surface area contributed by atoms with E-state index in [1.165, 1.54) is 0 Å². The van der Waals surface area contributed by atoms with Crippen molar-refractivity contribution in [2.45, 2.75) is 20.4 Å². The summed E-state index contributed by atoms with van der Waals surface area (Å²) >= 11 is 12.0. The first-order valence-electron chi connectivity index (χ1n) is 9.04. The zero-order valence-electron chi connectivity index (χ0n) is 16.2. The maximum absolute atomic E-state index is 14.3. The lowest BCUT2D eigenvalue weighted by Gasteiger charge is -2.14. The number of nitrogens with one attached hydrogen (secondary N) is 2. The van der Waals surface area contributed by atoms with Gasteiger partial charge in [0.05, 0.1) is 17.3 Å². The minimum absolute atomic E-state index is 0.00703. The van der Waals surface area contributed by atoms with Gasteiger partial charge >= 0.3 is 0 Å². The molecule has 1 heterocycles. The van der Waals surface area contributed by atoms with E-state index in [9.17, 15) is 8.78 Å². The molecule has 0 saturated carbocycles. The Kier molecular flexibility index (Phi) is 6.84. The van der Waals surface area contributed by atoms with E-state index in [1.807, 2.05) is 0 Å². The van der Waals surface area contributed by atoms with Crippen LogP contribution in [0, 0.1) is 24.0 Å². The van der Waals surface area contributed by atoms with Gasteiger partial charge in [-0.05, 0) is 19.9 Å². The molecule has 0 saturated heterocycles. The summed E-state index contributed by atoms with van der Waals surface area (Å²) in [7, 11) is 0. The number of rotatable bonds is 7. The molecular formula is C21H18Cl2F2N4O. The number of hydrogen-bond acceptors (Lipinski definition) is 5. The summed E-state index contributed by atoms with van der Waals surface area (Å²) in [4.78, 5) is 8.27. The van der Waals surface area contributed by atoms with Crippen LogP contribution in [0.4, 0.5) is 14.5 Å². The highest BCUT2D eigenvalue weighted by atomic mass is 35.5. The molecule has 9 heteroatoms. The lowest BCUT2D eigenvalue weighted by atomic mass is 10.1. The number of para-hydroxylation sites is 1. The Bertz CT molecular complexity index is 1060. The summed E-state index contributed by atoms with van der Waals surface area (Å²) in [6.45, 7) is 3.57. The van der Waals surface area contributed by atoms with Gasteiger partial charge in [0.2, 0.25) is 0 Å². The number of hydrogen-bond donors (Lipinski definition) is 2. The highest BCUT2D eigenvalue weighted by Crippen LogP contribution is 2.26. The van der Waals surface area contributed by atoms with Gasteiger partial charge in [-0.25, -0.2) is 18.7 Å². The average Bonchev–Trinajstić information content (AvgIpc) is 2.71. The van der Waals surface area contributed by atoms with Crippen molar-refractivity contribution in [2.75, 3.05) is 11.9 Å². The van der Waals surface area contributed by atoms with Crippen LogP contribution in [0.5, 0.6) is 5.75 Å². The molecule has 0 atom stereocenters. The smallest absolute Gasteiger partial charge is 0.179 e. The second-order valence-corrected chi connectivity index (χ2v) is 7.05. The van der Waals surface area contributed by atoms with Gasteiger partial charge in [-0.3, -0.25) is 5.41 Å². The minimum atomic E-state index is -0.720. The van der Waals surface area contributed by atoms with E-state index in [0.717, 1.165) is 12.1 Å². The van der Waals surface area contributed by atoms with Crippen molar-refractivity contribution in [3.63, 3.8) is 0 Å². The Morgan fingerprint density at radius 1 is 1.13 bits per heavy atom. The third-order valence-corrected chi connectivity index (χ3v) is 5.10. The first-order chi connectivity index (χ1) is 14.3. The van der Waals surface area contributed by atoms with E-state index in [2.05, 4.69) is 15.3 Å². The van der Waals surface area contributed by atoms with Crippen molar-refractivity contribution >= 4 is 34.6 Å². The van der Waals surface area contributed by atoms with Gasteiger partial charge in [0.25, 0.3) is 0 Å². The molecule has 0 bridgehead atoms. The Labute approximate surface area is 182 Å². The molecule has 2 aromatic carbocycles. The summed E-state index contributed by atoms with van der Waals surface area (Å²) < 4.78 is 33.8. The van der Waals surface area contributed by atoms with Gasteiger partial charge in [0, 0.05) is 35.5 Å². The predicted molar refractivity (Wildman–Crippen MR) is 114 cm³/mol. The topological polar surface area (TPSA) is 70.9 Å². The third kappa shape index (κ3) is 4.68. The third-order valence-electron chi connectivity index (χ3n) is 4.28. The fourth-order valence-corrected chi connectivity index (χ4v) is 3.10. The van der Waals surface area contributed by atoms with Gasteiger partial charge in [-0.15, -0.1) is 0 Å². The standard InChI is InChI=1S/C21H18Cl2F2N4O/c1-3-30-12-8-15(24)14(16(25)9-12)10-27-17-7-5-4-6-13(17)19(26)21-28-11(2)18(22)20(23)29-21/h4-9,26-27H,3,10H2,1-2H3. The number of halogens is 4. The Morgan fingerprint density at radius 2 is 1.80 bits per heavy atom. The number of benzene rings is 2. The van der Waals surface area contributed by atoms with Crippen molar-refractivity contribution < 1.29 is 13.5 Å². The Hall–Kier alpha value is -2.77. The van der Waals surface area contributed by atoms with E-state index < -0.39 is 11.6 Å². The van der Waals surface area contributed by atoms with E-state index in [-0.39, 0.29) is 39.6 Å². The molecule has 0 radical (unpaired) electrons. The molecule has 1 aromatic heterocycles. The van der Waals surface area contributed by atoms with Crippen LogP contribution in [0.2, 0.25) is 10.2 Å². The van der Waals surface area contributed by atoms with Gasteiger partial charge in [0.1, 0.15) is 23.1 Å². The van der Waals surface area contributed by atoms with Gasteiger partial charge in [-0.2, -0.15) is 0 Å². The fraction of sp³-hybridized carbons (Fsp3) is 0.190. The molecular weight excluding hydrogens is 433 g/mol. The van der Waals surface area contributed by atoms with Crippen molar-refractivity contribution in [3.05, 3.63) is 80.9 Å². The molecule has 2 N–H and O–H groups in total. The van der Waals surface area contributed by atoms with E-state index in [1.54, 1.807) is 38.1 Å². The van der Waals surface area contributed by atoms with Crippen LogP contribution in [0.15, 0.2) is 36.4 Å². The molecule has 0 aliphatic carbocycles. The Morgan fingerprint density at radius 3 is 2.43 bits per heavy atom. The highest BCUT2D eigenvalue weighted by Gasteiger charge is 2.17. The lowest BCUT2D eigenvalue weighted by molar-refractivity contribution is 0.335. The van der Waals surface area contributed by atoms with E-state index >= 15 is 0 Å². The summed E-state index contributed by atoms with van der Waals surface area (Å²) in [5, 5.41) is 11.7. The van der Waals surface area contributed by atoms with E-state index in [0.29, 0.717) is 23.6 Å². The van der Waals surface area contributed by atoms with Crippen LogP contribution in [0.1, 0.15) is 29.6 Å². The van der Waals surface area contributed by atoms with Crippen LogP contribution >= 0.6 is 23.2 Å². The maximum Gasteiger partial charge on any atom is 0.179 e. The number of ether oxygens (including phenoxy) is 1. The van der Waals surface area contributed by atoms with Crippen LogP contribution in [-0.4, -0.2) is 22.3 Å². The zero-order valence-corrected chi connectivity index (χ0v) is 17.7. The van der Waals surface area contributed by atoms with Gasteiger partial charge in [0.15, 0.2) is 11.0 Å². The maximum atomic E-state index is 14.3. The lowest BCUT2D eigenvalue weighted by Crippen LogP contribution is -2.13. The SMILES string of the molecule is CCOc1cc(F)c(CNc2ccccc2C(=N)c2nc(C)c(Cl)c(Cl)n2)c(F)c1. The normalized spacial score (nSPS) is 10.7. The quantitative estimate of drug-likeness (QED) is 0.352. The second-order valence-electron chi connectivity index (χ2n) is 6.31. The molecule has 0 unspecified atom stereocenters. The molecule has 5 nitrogen and oxygen atoms in total. The van der Waals surface area contributed by atoms with Crippen molar-refractivity contribution in [1.29, 1.82) is 5.41 Å². The van der Waals surface area contributed by atoms with Gasteiger partial charge < -0.3 is 10.1 Å². The van der Waals surface area contributed by atoms with Crippen molar-refractivity contribution in [1.82, 2.24) is 9.97 Å². The second kappa shape index (κ2) is 9.36. The largest absolute Gasteiger partial charge is 0.494 e. The fourth-order valence-electron chi connectivity index (χ4n) is 2.79. The zero-order chi connectivity index (χ0) is 21.8. The first kappa shape index (κ1) is 21.9. The van der Waals surface area contributed by atoms with Crippen molar-refractivity contribution in [2.24, 2.45) is 0 Å². The molecule has 0 spiro atoms. The number of aromatic nitrogens is 2. The van der Waals surface area contributed by atoms with Crippen LogP contribution < -0.4 is 10.1 Å². The number of nitrogens with zero attached hydrogens (tertiary/aromatic N) is 2. The first-order valence-corrected chi connectivity index (χ1v) is 9.80.